The van der Waals surface area contributed by atoms with Gasteiger partial charge in [-0.2, -0.15) is 5.26 Å². The van der Waals surface area contributed by atoms with Crippen molar-refractivity contribution in [3.05, 3.63) is 23.0 Å². The summed E-state index contributed by atoms with van der Waals surface area (Å²) in [6.07, 6.45) is -2.12. The Morgan fingerprint density at radius 3 is 2.50 bits per heavy atom. The molecule has 2 saturated heterocycles. The lowest BCUT2D eigenvalue weighted by molar-refractivity contribution is -0.149. The van der Waals surface area contributed by atoms with E-state index in [9.17, 15) is 33.2 Å². The Morgan fingerprint density at radius 1 is 1.21 bits per heavy atom. The average molecular weight is 697 g/mol. The maximum atomic E-state index is 15.3. The number of pyridine rings is 1. The van der Waals surface area contributed by atoms with E-state index in [2.05, 4.69) is 16.4 Å². The maximum Gasteiger partial charge on any atom is 0.408 e. The third-order valence-corrected chi connectivity index (χ3v) is 10.5. The third-order valence-electron chi connectivity index (χ3n) is 10.3. The Balaban J connectivity index is 1.49. The largest absolute Gasteiger partial charge is 0.473 e. The lowest BCUT2D eigenvalue weighted by Gasteiger charge is -2.38. The summed E-state index contributed by atoms with van der Waals surface area (Å²) in [4.78, 5) is 61.3. The number of rotatable bonds is 9. The third kappa shape index (κ3) is 6.35. The number of hydrogen-bond acceptors (Lipinski definition) is 8. The summed E-state index contributed by atoms with van der Waals surface area (Å²) in [7, 11) is 0. The van der Waals surface area contributed by atoms with E-state index in [-0.39, 0.29) is 35.6 Å². The molecule has 9 atom stereocenters. The van der Waals surface area contributed by atoms with E-state index in [1.165, 1.54) is 17.2 Å². The minimum atomic E-state index is -1.85. The van der Waals surface area contributed by atoms with Crippen molar-refractivity contribution < 1.29 is 41.8 Å². The highest BCUT2D eigenvalue weighted by Crippen LogP contribution is 2.59. The van der Waals surface area contributed by atoms with E-state index in [4.69, 9.17) is 26.8 Å². The summed E-state index contributed by atoms with van der Waals surface area (Å²) >= 11 is 6.11. The molecule has 48 heavy (non-hydrogen) atoms. The van der Waals surface area contributed by atoms with Crippen molar-refractivity contribution in [2.75, 3.05) is 26.4 Å². The second-order valence-corrected chi connectivity index (χ2v) is 14.8. The monoisotopic (exact) mass is 696 g/mol. The number of nitrogens with two attached hydrogens (primary N) is 1. The predicted molar refractivity (Wildman–Crippen MR) is 164 cm³/mol. The number of hydrogen-bond donors (Lipinski definition) is 2. The zero-order valence-corrected chi connectivity index (χ0v) is 27.9. The summed E-state index contributed by atoms with van der Waals surface area (Å²) in [5.74, 6) is -3.58. The fourth-order valence-corrected chi connectivity index (χ4v) is 8.11. The van der Waals surface area contributed by atoms with Crippen LogP contribution in [-0.4, -0.2) is 101 Å². The van der Waals surface area contributed by atoms with Crippen LogP contribution in [0.25, 0.3) is 0 Å². The minimum Gasteiger partial charge on any atom is -0.473 e. The number of nitrogens with zero attached hydrogens (tertiary/aromatic N) is 4. The maximum absolute atomic E-state index is 15.3. The molecule has 5 rings (SSSR count). The van der Waals surface area contributed by atoms with Crippen LogP contribution in [-0.2, 0) is 19.1 Å². The quantitative estimate of drug-likeness (QED) is 0.397. The molecule has 1 aromatic heterocycles. The molecule has 9 unspecified atom stereocenters. The molecule has 2 bridgehead atoms. The molecular formula is C32H40ClF3N6O6. The molecule has 2 aliphatic heterocycles. The molecule has 4 fully saturated rings. The van der Waals surface area contributed by atoms with Crippen LogP contribution in [0.2, 0.25) is 5.02 Å². The van der Waals surface area contributed by atoms with Gasteiger partial charge in [-0.15, -0.1) is 0 Å². The van der Waals surface area contributed by atoms with E-state index in [1.807, 2.05) is 0 Å². The number of alkyl carbamates (subject to hydrolysis) is 1. The lowest BCUT2D eigenvalue weighted by atomic mass is 9.77. The zero-order chi connectivity index (χ0) is 35.3. The number of ether oxygens (including phenoxy) is 2. The van der Waals surface area contributed by atoms with Crippen LogP contribution in [0.4, 0.5) is 18.0 Å². The normalized spacial score (nSPS) is 31.4. The summed E-state index contributed by atoms with van der Waals surface area (Å²) in [5.41, 5.74) is 3.41. The molecular weight excluding hydrogens is 657 g/mol. The molecule has 1 aromatic rings. The van der Waals surface area contributed by atoms with E-state index in [0.717, 1.165) is 4.90 Å². The zero-order valence-electron chi connectivity index (χ0n) is 27.1. The standard InChI is InChI=1S/C32H40ClF3N6O6/c1-15-23(7-17(33)12-39-15)48-32(29(38)45)8-18(11-37)42(14-32)27(43)25-24-20-5-16(6-22(20)36)21(24)13-41(25)28(44)26(31(2,3)4)40-30(46)47-19(9-34)10-35/h7,12,16,18-22,24-26H,5-6,8-10,13-14H2,1-4H3,(H2,38,45)(H,40,46). The predicted octanol–water partition coefficient (Wildman–Crippen LogP) is 3.04. The minimum absolute atomic E-state index is 0.0827. The first-order chi connectivity index (χ1) is 22.5. The van der Waals surface area contributed by atoms with E-state index in [1.54, 1.807) is 27.7 Å². The van der Waals surface area contributed by atoms with Gasteiger partial charge in [-0.3, -0.25) is 19.4 Å². The van der Waals surface area contributed by atoms with Crippen LogP contribution in [0.1, 0.15) is 45.7 Å². The molecule has 4 amide bonds. The molecule has 0 aromatic carbocycles. The number of aromatic nitrogens is 1. The number of carbonyl (C=O) groups is 4. The fourth-order valence-electron chi connectivity index (χ4n) is 7.97. The van der Waals surface area contributed by atoms with Gasteiger partial charge >= 0.3 is 6.09 Å². The van der Waals surface area contributed by atoms with Gasteiger partial charge in [0, 0.05) is 25.2 Å². The number of likely N-dealkylation sites (tertiary alicyclic amines) is 2. The van der Waals surface area contributed by atoms with Gasteiger partial charge < -0.3 is 30.3 Å². The van der Waals surface area contributed by atoms with Gasteiger partial charge in [0.25, 0.3) is 5.91 Å². The number of nitrogens with one attached hydrogen (secondary N) is 1. The summed E-state index contributed by atoms with van der Waals surface area (Å²) in [5, 5.41) is 12.8. The summed E-state index contributed by atoms with van der Waals surface area (Å²) in [6, 6.07) is -0.256. The Kier molecular flexibility index (Phi) is 9.80. The molecule has 0 radical (unpaired) electrons. The highest BCUT2D eigenvalue weighted by molar-refractivity contribution is 6.30. The van der Waals surface area contributed by atoms with Crippen LogP contribution in [0.5, 0.6) is 5.75 Å². The number of nitriles is 1. The van der Waals surface area contributed by atoms with E-state index < -0.39 is 97.0 Å². The van der Waals surface area contributed by atoms with Crippen LogP contribution in [0.3, 0.4) is 0 Å². The second kappa shape index (κ2) is 13.2. The number of aryl methyl sites for hydroxylation is 1. The van der Waals surface area contributed by atoms with Gasteiger partial charge in [0.05, 0.1) is 23.3 Å². The van der Waals surface area contributed by atoms with Gasteiger partial charge in [-0.25, -0.2) is 18.0 Å². The van der Waals surface area contributed by atoms with Crippen molar-refractivity contribution in [2.24, 2.45) is 34.8 Å². The second-order valence-electron chi connectivity index (χ2n) is 14.4. The SMILES string of the molecule is Cc1ncc(Cl)cc1OC1(C(N)=O)CC(C#N)N(C(=O)C2C3C4CC(CC4F)C3CN2C(=O)C(NC(=O)OC(CF)CF)C(C)(C)C)C1. The number of halogens is 4. The van der Waals surface area contributed by atoms with Crippen molar-refractivity contribution >= 4 is 35.4 Å². The Morgan fingerprint density at radius 2 is 1.90 bits per heavy atom. The molecule has 3 heterocycles. The summed E-state index contributed by atoms with van der Waals surface area (Å²) < 4.78 is 52.4. The highest BCUT2D eigenvalue weighted by atomic mass is 35.5. The first-order valence-electron chi connectivity index (χ1n) is 15.9. The summed E-state index contributed by atoms with van der Waals surface area (Å²) in [6.45, 7) is 3.71. The number of carbonyl (C=O) groups excluding carboxylic acids is 4. The molecule has 4 aliphatic rings. The van der Waals surface area contributed by atoms with E-state index >= 15 is 4.39 Å². The first-order valence-corrected chi connectivity index (χ1v) is 16.3. The molecule has 262 valence electrons. The molecule has 2 aliphatic carbocycles. The number of primary amides is 1. The molecule has 16 heteroatoms. The van der Waals surface area contributed by atoms with Gasteiger partial charge in [0.15, 0.2) is 6.10 Å². The van der Waals surface area contributed by atoms with Crippen molar-refractivity contribution in [3.63, 3.8) is 0 Å². The topological polar surface area (TPSA) is 168 Å². The van der Waals surface area contributed by atoms with E-state index in [0.29, 0.717) is 18.5 Å². The Labute approximate surface area is 281 Å². The van der Waals surface area contributed by atoms with Crippen LogP contribution in [0.15, 0.2) is 12.3 Å². The van der Waals surface area contributed by atoms with Gasteiger partial charge in [0.1, 0.15) is 43.4 Å². The fraction of sp³-hybridized carbons (Fsp3) is 0.688. The lowest BCUT2D eigenvalue weighted by Crippen LogP contribution is -2.60. The van der Waals surface area contributed by atoms with Crippen molar-refractivity contribution in [1.29, 1.82) is 5.26 Å². The van der Waals surface area contributed by atoms with Gasteiger partial charge in [0.2, 0.25) is 17.4 Å². The van der Waals surface area contributed by atoms with Crippen LogP contribution in [0, 0.1) is 47.3 Å². The number of fused-ring (bicyclic) bond motifs is 5. The number of alkyl halides is 3. The molecule has 2 saturated carbocycles. The number of amides is 4. The molecule has 12 nitrogen and oxygen atoms in total. The molecule has 3 N–H and O–H groups in total. The van der Waals surface area contributed by atoms with Crippen LogP contribution < -0.4 is 15.8 Å². The smallest absolute Gasteiger partial charge is 0.408 e. The van der Waals surface area contributed by atoms with Crippen molar-refractivity contribution in [2.45, 2.75) is 83.0 Å². The van der Waals surface area contributed by atoms with Crippen LogP contribution >= 0.6 is 11.6 Å². The highest BCUT2D eigenvalue weighted by Gasteiger charge is 2.65. The molecule has 0 spiro atoms. The first kappa shape index (κ1) is 35.5. The van der Waals surface area contributed by atoms with Gasteiger partial charge in [-0.05, 0) is 48.9 Å². The van der Waals surface area contributed by atoms with Crippen molar-refractivity contribution in [3.8, 4) is 11.8 Å². The average Bonchev–Trinajstić information content (AvgIpc) is 3.79. The van der Waals surface area contributed by atoms with Crippen molar-refractivity contribution in [1.82, 2.24) is 20.1 Å². The Hall–Kier alpha value is -3.80. The Bertz CT molecular complexity index is 1500. The van der Waals surface area contributed by atoms with Gasteiger partial charge in [-0.1, -0.05) is 32.4 Å².